The number of nitrogens with two attached hydrogens (primary N) is 1. The molecule has 2 amide bonds. The number of thiophene rings is 1. The minimum absolute atomic E-state index is 0.0382. The molecule has 1 saturated heterocycles. The Morgan fingerprint density at radius 3 is 2.55 bits per heavy atom. The summed E-state index contributed by atoms with van der Waals surface area (Å²) in [7, 11) is 3.93. The second-order valence-corrected chi connectivity index (χ2v) is 8.31. The van der Waals surface area contributed by atoms with Gasteiger partial charge in [-0.05, 0) is 35.7 Å². The van der Waals surface area contributed by atoms with Gasteiger partial charge in [0.25, 0.3) is 11.8 Å². The molecule has 0 bridgehead atoms. The van der Waals surface area contributed by atoms with Crippen LogP contribution in [0.25, 0.3) is 10.1 Å². The zero-order valence-corrected chi connectivity index (χ0v) is 17.2. The SMILES string of the molecule is CN(C)c1ccc(C(=O)N2CCOC(c3c(C(N)=O)sc4ccccc34)C2)cc1. The Morgan fingerprint density at radius 1 is 1.14 bits per heavy atom. The van der Waals surface area contributed by atoms with Crippen LogP contribution in [0, 0.1) is 0 Å². The highest BCUT2D eigenvalue weighted by atomic mass is 32.1. The summed E-state index contributed by atoms with van der Waals surface area (Å²) in [6.07, 6.45) is -0.382. The molecule has 1 aliphatic rings. The summed E-state index contributed by atoms with van der Waals surface area (Å²) in [5, 5.41) is 0.959. The van der Waals surface area contributed by atoms with E-state index < -0.39 is 5.91 Å². The molecule has 1 unspecified atom stereocenters. The van der Waals surface area contributed by atoms with E-state index in [2.05, 4.69) is 0 Å². The lowest BCUT2D eigenvalue weighted by atomic mass is 10.0. The number of amides is 2. The van der Waals surface area contributed by atoms with Gasteiger partial charge in [-0.15, -0.1) is 11.3 Å². The largest absolute Gasteiger partial charge is 0.378 e. The van der Waals surface area contributed by atoms with Crippen LogP contribution < -0.4 is 10.6 Å². The summed E-state index contributed by atoms with van der Waals surface area (Å²) in [5.41, 5.74) is 8.11. The average Bonchev–Trinajstić information content (AvgIpc) is 3.13. The van der Waals surface area contributed by atoms with Crippen molar-refractivity contribution in [1.82, 2.24) is 4.90 Å². The first kappa shape index (κ1) is 19.4. The molecule has 2 N–H and O–H groups in total. The third-order valence-electron chi connectivity index (χ3n) is 5.16. The fourth-order valence-electron chi connectivity index (χ4n) is 3.66. The molecule has 2 aromatic carbocycles. The van der Waals surface area contributed by atoms with Crippen LogP contribution in [0.4, 0.5) is 5.69 Å². The molecule has 1 fully saturated rings. The van der Waals surface area contributed by atoms with E-state index in [1.807, 2.05) is 67.5 Å². The maximum Gasteiger partial charge on any atom is 0.259 e. The molecule has 0 saturated carbocycles. The van der Waals surface area contributed by atoms with Gasteiger partial charge in [-0.25, -0.2) is 0 Å². The minimum atomic E-state index is -0.465. The molecule has 2 heterocycles. The van der Waals surface area contributed by atoms with Crippen LogP contribution in [-0.4, -0.2) is 50.5 Å². The van der Waals surface area contributed by atoms with E-state index in [0.717, 1.165) is 21.3 Å². The van der Waals surface area contributed by atoms with Crippen LogP contribution in [-0.2, 0) is 4.74 Å². The molecule has 0 radical (unpaired) electrons. The molecule has 29 heavy (non-hydrogen) atoms. The van der Waals surface area contributed by atoms with Gasteiger partial charge in [0.15, 0.2) is 0 Å². The highest BCUT2D eigenvalue weighted by Gasteiger charge is 2.31. The first-order chi connectivity index (χ1) is 14.0. The van der Waals surface area contributed by atoms with Gasteiger partial charge in [0.2, 0.25) is 0 Å². The molecule has 4 rings (SSSR count). The lowest BCUT2D eigenvalue weighted by Gasteiger charge is -2.33. The Bertz CT molecular complexity index is 1060. The van der Waals surface area contributed by atoms with E-state index in [1.165, 1.54) is 11.3 Å². The van der Waals surface area contributed by atoms with E-state index in [4.69, 9.17) is 10.5 Å². The topological polar surface area (TPSA) is 75.9 Å². The van der Waals surface area contributed by atoms with Gasteiger partial charge in [-0.1, -0.05) is 18.2 Å². The molecule has 0 aliphatic carbocycles. The molecule has 150 valence electrons. The number of hydrogen-bond donors (Lipinski definition) is 1. The molecule has 3 aromatic rings. The zero-order chi connectivity index (χ0) is 20.5. The normalized spacial score (nSPS) is 16.8. The van der Waals surface area contributed by atoms with E-state index in [0.29, 0.717) is 30.1 Å². The number of fused-ring (bicyclic) bond motifs is 1. The van der Waals surface area contributed by atoms with Crippen molar-refractivity contribution < 1.29 is 14.3 Å². The third-order valence-corrected chi connectivity index (χ3v) is 6.37. The standard InChI is InChI=1S/C22H23N3O3S/c1-24(2)15-9-7-14(8-10-15)22(27)25-11-12-28-17(13-25)19-16-5-3-4-6-18(16)29-20(19)21(23)26/h3-10,17H,11-13H2,1-2H3,(H2,23,26). The number of rotatable bonds is 4. The van der Waals surface area contributed by atoms with Crippen molar-refractivity contribution in [3.05, 3.63) is 64.5 Å². The quantitative estimate of drug-likeness (QED) is 0.718. The zero-order valence-electron chi connectivity index (χ0n) is 16.4. The van der Waals surface area contributed by atoms with Gasteiger partial charge in [-0.3, -0.25) is 9.59 Å². The predicted molar refractivity (Wildman–Crippen MR) is 116 cm³/mol. The highest BCUT2D eigenvalue weighted by Crippen LogP contribution is 2.38. The summed E-state index contributed by atoms with van der Waals surface area (Å²) in [5.74, 6) is -0.503. The number of hydrogen-bond acceptors (Lipinski definition) is 5. The Balaban J connectivity index is 1.62. The number of carbonyl (C=O) groups is 2. The summed E-state index contributed by atoms with van der Waals surface area (Å²) in [6, 6.07) is 15.4. The second-order valence-electron chi connectivity index (χ2n) is 7.26. The van der Waals surface area contributed by atoms with Crippen molar-refractivity contribution in [2.45, 2.75) is 6.10 Å². The number of nitrogens with zero attached hydrogens (tertiary/aromatic N) is 2. The lowest BCUT2D eigenvalue weighted by Crippen LogP contribution is -2.42. The van der Waals surface area contributed by atoms with Gasteiger partial charge in [0, 0.05) is 42.2 Å². The Morgan fingerprint density at radius 2 is 1.86 bits per heavy atom. The smallest absolute Gasteiger partial charge is 0.259 e. The fraction of sp³-hybridized carbons (Fsp3) is 0.273. The lowest BCUT2D eigenvalue weighted by molar-refractivity contribution is -0.0222. The van der Waals surface area contributed by atoms with E-state index in [9.17, 15) is 9.59 Å². The van der Waals surface area contributed by atoms with Crippen LogP contribution in [0.1, 0.15) is 31.7 Å². The first-order valence-electron chi connectivity index (χ1n) is 9.45. The van der Waals surface area contributed by atoms with Crippen LogP contribution >= 0.6 is 11.3 Å². The number of morpholine rings is 1. The number of benzene rings is 2. The number of primary amides is 1. The van der Waals surface area contributed by atoms with Crippen molar-refractivity contribution in [3.8, 4) is 0 Å². The third kappa shape index (κ3) is 3.71. The van der Waals surface area contributed by atoms with Crippen molar-refractivity contribution >= 4 is 38.9 Å². The van der Waals surface area contributed by atoms with Gasteiger partial charge in [0.05, 0.1) is 18.0 Å². The number of carbonyl (C=O) groups excluding carboxylic acids is 2. The number of anilines is 1. The maximum absolute atomic E-state index is 13.0. The fourth-order valence-corrected chi connectivity index (χ4v) is 4.77. The van der Waals surface area contributed by atoms with E-state index in [-0.39, 0.29) is 12.0 Å². The van der Waals surface area contributed by atoms with Crippen LogP contribution in [0.2, 0.25) is 0 Å². The Hall–Kier alpha value is -2.90. The molecule has 7 heteroatoms. The molecular weight excluding hydrogens is 386 g/mol. The minimum Gasteiger partial charge on any atom is -0.378 e. The molecule has 6 nitrogen and oxygen atoms in total. The van der Waals surface area contributed by atoms with E-state index >= 15 is 0 Å². The van der Waals surface area contributed by atoms with Crippen molar-refractivity contribution in [2.24, 2.45) is 5.73 Å². The number of ether oxygens (including phenoxy) is 1. The molecule has 1 atom stereocenters. The van der Waals surface area contributed by atoms with Gasteiger partial charge in [-0.2, -0.15) is 0 Å². The van der Waals surface area contributed by atoms with Crippen LogP contribution in [0.3, 0.4) is 0 Å². The molecule has 1 aliphatic heterocycles. The highest BCUT2D eigenvalue weighted by molar-refractivity contribution is 7.21. The second kappa shape index (κ2) is 7.85. The van der Waals surface area contributed by atoms with Gasteiger partial charge < -0.3 is 20.3 Å². The van der Waals surface area contributed by atoms with Gasteiger partial charge >= 0.3 is 0 Å². The average molecular weight is 410 g/mol. The Kier molecular flexibility index (Phi) is 5.25. The predicted octanol–water partition coefficient (Wildman–Crippen LogP) is 3.28. The molecule has 1 aromatic heterocycles. The van der Waals surface area contributed by atoms with E-state index in [1.54, 1.807) is 4.90 Å². The Labute approximate surface area is 173 Å². The first-order valence-corrected chi connectivity index (χ1v) is 10.3. The summed E-state index contributed by atoms with van der Waals surface area (Å²) in [4.78, 5) is 29.4. The van der Waals surface area contributed by atoms with Crippen LogP contribution in [0.5, 0.6) is 0 Å². The summed E-state index contributed by atoms with van der Waals surface area (Å²) >= 11 is 1.37. The van der Waals surface area contributed by atoms with Crippen LogP contribution in [0.15, 0.2) is 48.5 Å². The molecular formula is C22H23N3O3S. The van der Waals surface area contributed by atoms with Crippen molar-refractivity contribution in [2.75, 3.05) is 38.7 Å². The maximum atomic E-state index is 13.0. The summed E-state index contributed by atoms with van der Waals surface area (Å²) in [6.45, 7) is 1.31. The van der Waals surface area contributed by atoms with Gasteiger partial charge in [0.1, 0.15) is 6.10 Å². The van der Waals surface area contributed by atoms with Crippen molar-refractivity contribution in [1.29, 1.82) is 0 Å². The summed E-state index contributed by atoms with van der Waals surface area (Å²) < 4.78 is 6.98. The monoisotopic (exact) mass is 409 g/mol. The van der Waals surface area contributed by atoms with Crippen molar-refractivity contribution in [3.63, 3.8) is 0 Å². The molecule has 0 spiro atoms.